The lowest BCUT2D eigenvalue weighted by atomic mass is 9.87. The first kappa shape index (κ1) is 30.5. The predicted molar refractivity (Wildman–Crippen MR) is 152 cm³/mol. The van der Waals surface area contributed by atoms with Crippen LogP contribution in [0.15, 0.2) is 36.4 Å². The first-order chi connectivity index (χ1) is 20.0. The first-order valence-corrected chi connectivity index (χ1v) is 14.8. The van der Waals surface area contributed by atoms with E-state index < -0.39 is 41.3 Å². The Labute approximate surface area is 245 Å². The molecule has 1 amide bonds. The predicted octanol–water partition coefficient (Wildman–Crippen LogP) is 4.23. The number of benzene rings is 2. The van der Waals surface area contributed by atoms with Crippen molar-refractivity contribution < 1.29 is 32.6 Å². The second kappa shape index (κ2) is 12.3. The van der Waals surface area contributed by atoms with Gasteiger partial charge < -0.3 is 14.7 Å². The average Bonchev–Trinajstić information content (AvgIpc) is 3.39. The van der Waals surface area contributed by atoms with E-state index in [-0.39, 0.29) is 23.9 Å². The number of likely N-dealkylation sites (tertiary alicyclic amines) is 1. The van der Waals surface area contributed by atoms with E-state index in [0.717, 1.165) is 24.5 Å². The van der Waals surface area contributed by atoms with Gasteiger partial charge in [0.25, 0.3) is 0 Å². The standard InChI is InChI=1S/C32H40F3N3O4/c1-20-4-5-22(27(34)14-20)15-29(31(40)41)36-10-11-38(21(2)17-36)30(39)26-19-37(32(3)8-12-42-13-9-32)18-25(26)24-7-6-23(33)16-28(24)35/h4-7,14,16,21,25-26,29H,8-13,15,17-19H2,1-3H3,(H,40,41)/t21-,25?,26?,29-/m0/s1. The number of amides is 1. The summed E-state index contributed by atoms with van der Waals surface area (Å²) in [5, 5.41) is 10.0. The molecule has 4 atom stereocenters. The van der Waals surface area contributed by atoms with Crippen molar-refractivity contribution in [3.8, 4) is 0 Å². The molecule has 5 rings (SSSR count). The topological polar surface area (TPSA) is 73.3 Å². The third kappa shape index (κ3) is 6.21. The molecule has 3 saturated heterocycles. The van der Waals surface area contributed by atoms with Gasteiger partial charge in [0, 0.05) is 75.9 Å². The molecular formula is C32H40F3N3O4. The monoisotopic (exact) mass is 587 g/mol. The van der Waals surface area contributed by atoms with Crippen LogP contribution < -0.4 is 0 Å². The quantitative estimate of drug-likeness (QED) is 0.523. The summed E-state index contributed by atoms with van der Waals surface area (Å²) < 4.78 is 49.0. The molecule has 3 aliphatic rings. The molecule has 0 spiro atoms. The number of carbonyl (C=O) groups excluding carboxylic acids is 1. The number of carboxylic acids is 1. The normalized spacial score (nSPS) is 25.9. The minimum absolute atomic E-state index is 0.0217. The summed E-state index contributed by atoms with van der Waals surface area (Å²) in [6.07, 6.45) is 1.63. The van der Waals surface area contributed by atoms with Gasteiger partial charge in [0.05, 0.1) is 5.92 Å². The fraction of sp³-hybridized carbons (Fsp3) is 0.562. The van der Waals surface area contributed by atoms with Gasteiger partial charge >= 0.3 is 5.97 Å². The molecule has 0 aliphatic carbocycles. The summed E-state index contributed by atoms with van der Waals surface area (Å²) in [5.41, 5.74) is 1.26. The molecular weight excluding hydrogens is 547 g/mol. The van der Waals surface area contributed by atoms with E-state index >= 15 is 4.39 Å². The van der Waals surface area contributed by atoms with Gasteiger partial charge in [-0.2, -0.15) is 0 Å². The Hall–Kier alpha value is -2.95. The number of ether oxygens (including phenoxy) is 1. The maximum Gasteiger partial charge on any atom is 0.321 e. The van der Waals surface area contributed by atoms with Crippen molar-refractivity contribution in [2.24, 2.45) is 5.92 Å². The molecule has 0 aromatic heterocycles. The second-order valence-electron chi connectivity index (χ2n) is 12.4. The molecule has 2 aromatic carbocycles. The Kier molecular flexibility index (Phi) is 8.97. The van der Waals surface area contributed by atoms with Crippen LogP contribution in [0.4, 0.5) is 13.2 Å². The maximum atomic E-state index is 15.1. The summed E-state index contributed by atoms with van der Waals surface area (Å²) in [7, 11) is 0. The number of carbonyl (C=O) groups is 2. The Morgan fingerprint density at radius 1 is 1.02 bits per heavy atom. The van der Waals surface area contributed by atoms with Gasteiger partial charge in [0.15, 0.2) is 0 Å². The Balaban J connectivity index is 1.34. The highest BCUT2D eigenvalue weighted by molar-refractivity contribution is 5.81. The number of nitrogens with zero attached hydrogens (tertiary/aromatic N) is 3. The minimum Gasteiger partial charge on any atom is -0.480 e. The first-order valence-electron chi connectivity index (χ1n) is 14.8. The zero-order valence-electron chi connectivity index (χ0n) is 24.5. The van der Waals surface area contributed by atoms with Crippen molar-refractivity contribution in [3.63, 3.8) is 0 Å². The van der Waals surface area contributed by atoms with Crippen LogP contribution >= 0.6 is 0 Å². The molecule has 228 valence electrons. The zero-order valence-corrected chi connectivity index (χ0v) is 24.5. The van der Waals surface area contributed by atoms with Crippen LogP contribution in [0.2, 0.25) is 0 Å². The van der Waals surface area contributed by atoms with E-state index in [1.807, 2.05) is 6.92 Å². The molecule has 10 heteroatoms. The SMILES string of the molecule is Cc1ccc(C[C@@H](C(=O)O)N2CCN(C(=O)C3CN(C4(C)CCOCC4)CC3c3ccc(F)cc3F)[C@@H](C)C2)c(F)c1. The minimum atomic E-state index is -1.04. The highest BCUT2D eigenvalue weighted by Crippen LogP contribution is 2.41. The van der Waals surface area contributed by atoms with Crippen LogP contribution in [0.1, 0.15) is 49.3 Å². The number of hydrogen-bond acceptors (Lipinski definition) is 5. The van der Waals surface area contributed by atoms with Crippen molar-refractivity contribution in [1.29, 1.82) is 0 Å². The van der Waals surface area contributed by atoms with E-state index in [2.05, 4.69) is 11.8 Å². The molecule has 3 heterocycles. The fourth-order valence-corrected chi connectivity index (χ4v) is 6.95. The summed E-state index contributed by atoms with van der Waals surface area (Å²) >= 11 is 0. The van der Waals surface area contributed by atoms with E-state index in [9.17, 15) is 23.5 Å². The van der Waals surface area contributed by atoms with Crippen molar-refractivity contribution >= 4 is 11.9 Å². The number of piperazine rings is 1. The van der Waals surface area contributed by atoms with E-state index in [1.165, 1.54) is 18.2 Å². The van der Waals surface area contributed by atoms with Crippen LogP contribution in [-0.2, 0) is 20.7 Å². The molecule has 0 saturated carbocycles. The zero-order chi connectivity index (χ0) is 30.2. The molecule has 0 radical (unpaired) electrons. The number of aryl methyl sites for hydroxylation is 1. The smallest absolute Gasteiger partial charge is 0.321 e. The van der Waals surface area contributed by atoms with Gasteiger partial charge in [-0.05, 0) is 62.4 Å². The van der Waals surface area contributed by atoms with Crippen LogP contribution in [0.5, 0.6) is 0 Å². The molecule has 3 aliphatic heterocycles. The van der Waals surface area contributed by atoms with Gasteiger partial charge in [-0.15, -0.1) is 0 Å². The van der Waals surface area contributed by atoms with Crippen LogP contribution in [0, 0.1) is 30.3 Å². The van der Waals surface area contributed by atoms with Crippen molar-refractivity contribution in [2.45, 2.75) is 63.6 Å². The van der Waals surface area contributed by atoms with Gasteiger partial charge in [0.1, 0.15) is 23.5 Å². The highest BCUT2D eigenvalue weighted by atomic mass is 19.1. The summed E-state index contributed by atoms with van der Waals surface area (Å²) in [6.45, 7) is 8.94. The van der Waals surface area contributed by atoms with E-state index in [1.54, 1.807) is 28.9 Å². The summed E-state index contributed by atoms with van der Waals surface area (Å²) in [4.78, 5) is 32.3. The molecule has 0 bridgehead atoms. The lowest BCUT2D eigenvalue weighted by Crippen LogP contribution is -2.59. The second-order valence-corrected chi connectivity index (χ2v) is 12.4. The molecule has 1 N–H and O–H groups in total. The number of carboxylic acid groups (broad SMARTS) is 1. The van der Waals surface area contributed by atoms with E-state index in [4.69, 9.17) is 4.74 Å². The lowest BCUT2D eigenvalue weighted by Gasteiger charge is -2.44. The van der Waals surface area contributed by atoms with Gasteiger partial charge in [-0.1, -0.05) is 18.2 Å². The van der Waals surface area contributed by atoms with Crippen molar-refractivity contribution in [1.82, 2.24) is 14.7 Å². The average molecular weight is 588 g/mol. The van der Waals surface area contributed by atoms with Crippen molar-refractivity contribution in [2.75, 3.05) is 45.9 Å². The van der Waals surface area contributed by atoms with Gasteiger partial charge in [0.2, 0.25) is 5.91 Å². The molecule has 42 heavy (non-hydrogen) atoms. The third-order valence-corrected chi connectivity index (χ3v) is 9.62. The molecule has 2 aromatic rings. The number of rotatable bonds is 7. The summed E-state index contributed by atoms with van der Waals surface area (Å²) in [5.74, 6) is -3.85. The maximum absolute atomic E-state index is 15.1. The lowest BCUT2D eigenvalue weighted by molar-refractivity contribution is -0.147. The molecule has 2 unspecified atom stereocenters. The molecule has 3 fully saturated rings. The van der Waals surface area contributed by atoms with Crippen LogP contribution in [0.25, 0.3) is 0 Å². The number of hydrogen-bond donors (Lipinski definition) is 1. The Morgan fingerprint density at radius 3 is 2.40 bits per heavy atom. The Bertz CT molecular complexity index is 1320. The third-order valence-electron chi connectivity index (χ3n) is 9.62. The number of halogens is 3. The van der Waals surface area contributed by atoms with E-state index in [0.29, 0.717) is 57.1 Å². The Morgan fingerprint density at radius 2 is 1.76 bits per heavy atom. The number of aliphatic carboxylic acids is 1. The highest BCUT2D eigenvalue weighted by Gasteiger charge is 2.48. The molecule has 7 nitrogen and oxygen atoms in total. The fourth-order valence-electron chi connectivity index (χ4n) is 6.95. The largest absolute Gasteiger partial charge is 0.480 e. The van der Waals surface area contributed by atoms with Crippen LogP contribution in [-0.4, -0.2) is 95.2 Å². The van der Waals surface area contributed by atoms with Gasteiger partial charge in [-0.25, -0.2) is 13.2 Å². The van der Waals surface area contributed by atoms with Crippen LogP contribution in [0.3, 0.4) is 0 Å². The van der Waals surface area contributed by atoms with Gasteiger partial charge in [-0.3, -0.25) is 19.4 Å². The van der Waals surface area contributed by atoms with Crippen molar-refractivity contribution in [3.05, 3.63) is 70.5 Å². The summed E-state index contributed by atoms with van der Waals surface area (Å²) in [6, 6.07) is 7.13.